The second-order valence-electron chi connectivity index (χ2n) is 7.74. The molecule has 0 radical (unpaired) electrons. The van der Waals surface area contributed by atoms with Crippen LogP contribution in [-0.2, 0) is 17.6 Å². The third-order valence-corrected chi connectivity index (χ3v) is 7.75. The number of carbonyl (C=O) groups excluding carboxylic acids is 1. The molecule has 1 amide bonds. The van der Waals surface area contributed by atoms with Gasteiger partial charge in [-0.05, 0) is 73.6 Å². The number of thioether (sulfide) groups is 1. The molecule has 1 aromatic carbocycles. The van der Waals surface area contributed by atoms with Gasteiger partial charge in [0, 0.05) is 4.88 Å². The van der Waals surface area contributed by atoms with Crippen LogP contribution in [-0.4, -0.2) is 31.4 Å². The van der Waals surface area contributed by atoms with Crippen LogP contribution in [0.25, 0.3) is 5.69 Å². The molecule has 0 spiro atoms. The van der Waals surface area contributed by atoms with Gasteiger partial charge in [0.05, 0.1) is 16.5 Å². The van der Waals surface area contributed by atoms with E-state index in [2.05, 4.69) is 26.9 Å². The van der Waals surface area contributed by atoms with E-state index in [9.17, 15) is 10.1 Å². The zero-order chi connectivity index (χ0) is 22.0. The maximum absolute atomic E-state index is 13.0. The molecule has 0 saturated carbocycles. The van der Waals surface area contributed by atoms with Crippen molar-refractivity contribution in [3.8, 4) is 11.8 Å². The predicted molar refractivity (Wildman–Crippen MR) is 123 cm³/mol. The standard InChI is InChI=1S/C22H24N6OS2/c1-13-8-7-9-14(2)19(13)28-22(25-26-27-28)30-15(3)20(29)24-21-17(12-23)16-10-5-4-6-11-18(16)31-21/h7-9,15H,4-6,10-11H2,1-3H3,(H,24,29). The largest absolute Gasteiger partial charge is 0.316 e. The number of tetrazole rings is 1. The van der Waals surface area contributed by atoms with Crippen LogP contribution in [0.5, 0.6) is 0 Å². The third kappa shape index (κ3) is 4.36. The fraction of sp³-hybridized carbons (Fsp3) is 0.409. The van der Waals surface area contributed by atoms with E-state index in [1.807, 2.05) is 39.0 Å². The molecular weight excluding hydrogens is 428 g/mol. The van der Waals surface area contributed by atoms with Crippen LogP contribution in [0.15, 0.2) is 23.4 Å². The van der Waals surface area contributed by atoms with E-state index in [0.717, 1.165) is 48.1 Å². The number of aromatic nitrogens is 4. The molecule has 31 heavy (non-hydrogen) atoms. The quantitative estimate of drug-likeness (QED) is 0.449. The minimum Gasteiger partial charge on any atom is -0.316 e. The summed E-state index contributed by atoms with van der Waals surface area (Å²) in [6.45, 7) is 5.85. The Hall–Kier alpha value is -2.70. The summed E-state index contributed by atoms with van der Waals surface area (Å²) in [7, 11) is 0. The number of hydrogen-bond acceptors (Lipinski definition) is 7. The first-order chi connectivity index (χ1) is 15.0. The lowest BCUT2D eigenvalue weighted by molar-refractivity contribution is -0.115. The number of amides is 1. The van der Waals surface area contributed by atoms with E-state index >= 15 is 0 Å². The molecule has 1 aliphatic rings. The number of aryl methyl sites for hydroxylation is 3. The smallest absolute Gasteiger partial charge is 0.238 e. The van der Waals surface area contributed by atoms with Gasteiger partial charge in [-0.25, -0.2) is 0 Å². The SMILES string of the molecule is Cc1cccc(C)c1-n1nnnc1SC(C)C(=O)Nc1sc2c(c1C#N)CCCCC2. The number of carbonyl (C=O) groups is 1. The van der Waals surface area contributed by atoms with Gasteiger partial charge in [-0.1, -0.05) is 36.4 Å². The maximum atomic E-state index is 13.0. The van der Waals surface area contributed by atoms with E-state index in [1.165, 1.54) is 23.1 Å². The number of nitrogens with one attached hydrogen (secondary N) is 1. The second kappa shape index (κ2) is 9.20. The number of thiophene rings is 1. The van der Waals surface area contributed by atoms with Crippen LogP contribution in [0.2, 0.25) is 0 Å². The Morgan fingerprint density at radius 3 is 2.74 bits per heavy atom. The topological polar surface area (TPSA) is 96.5 Å². The molecule has 1 unspecified atom stereocenters. The van der Waals surface area contributed by atoms with Gasteiger partial charge in [-0.15, -0.1) is 16.4 Å². The summed E-state index contributed by atoms with van der Waals surface area (Å²) >= 11 is 2.85. The van der Waals surface area contributed by atoms with Crippen LogP contribution < -0.4 is 5.32 Å². The van der Waals surface area contributed by atoms with Gasteiger partial charge in [0.25, 0.3) is 0 Å². The highest BCUT2D eigenvalue weighted by Gasteiger charge is 2.25. The molecule has 0 aliphatic heterocycles. The Kier molecular flexibility index (Phi) is 6.39. The number of nitrogens with zero attached hydrogens (tertiary/aromatic N) is 5. The summed E-state index contributed by atoms with van der Waals surface area (Å²) in [6.07, 6.45) is 5.33. The minimum atomic E-state index is -0.428. The predicted octanol–water partition coefficient (Wildman–Crippen LogP) is 4.60. The number of nitriles is 1. The van der Waals surface area contributed by atoms with Crippen molar-refractivity contribution in [2.45, 2.75) is 63.3 Å². The fourth-order valence-electron chi connectivity index (χ4n) is 3.91. The van der Waals surface area contributed by atoms with E-state index in [-0.39, 0.29) is 5.91 Å². The van der Waals surface area contributed by atoms with Crippen molar-refractivity contribution in [3.63, 3.8) is 0 Å². The first-order valence-electron chi connectivity index (χ1n) is 10.4. The van der Waals surface area contributed by atoms with Gasteiger partial charge < -0.3 is 5.32 Å². The zero-order valence-electron chi connectivity index (χ0n) is 17.8. The minimum absolute atomic E-state index is 0.158. The number of para-hydroxylation sites is 1. The first kappa shape index (κ1) is 21.5. The summed E-state index contributed by atoms with van der Waals surface area (Å²) in [6, 6.07) is 8.34. The summed E-state index contributed by atoms with van der Waals surface area (Å²) in [4.78, 5) is 14.2. The summed E-state index contributed by atoms with van der Waals surface area (Å²) in [5, 5.41) is 25.6. The van der Waals surface area contributed by atoms with Crippen LogP contribution in [0.4, 0.5) is 5.00 Å². The fourth-order valence-corrected chi connectivity index (χ4v) is 5.94. The molecule has 0 saturated heterocycles. The van der Waals surface area contributed by atoms with Gasteiger partial charge in [0.2, 0.25) is 11.1 Å². The Morgan fingerprint density at radius 1 is 1.26 bits per heavy atom. The van der Waals surface area contributed by atoms with E-state index in [0.29, 0.717) is 15.7 Å². The van der Waals surface area contributed by atoms with Crippen molar-refractivity contribution in [2.75, 3.05) is 5.32 Å². The van der Waals surface area contributed by atoms with Crippen LogP contribution in [0.1, 0.15) is 53.3 Å². The van der Waals surface area contributed by atoms with Crippen LogP contribution >= 0.6 is 23.1 Å². The van der Waals surface area contributed by atoms with E-state index in [1.54, 1.807) is 16.0 Å². The molecule has 3 aromatic rings. The molecule has 9 heteroatoms. The molecule has 160 valence electrons. The van der Waals surface area contributed by atoms with Gasteiger partial charge in [-0.2, -0.15) is 9.94 Å². The molecule has 1 atom stereocenters. The molecule has 2 aromatic heterocycles. The van der Waals surface area contributed by atoms with E-state index in [4.69, 9.17) is 0 Å². The van der Waals surface area contributed by atoms with Gasteiger partial charge in [0.1, 0.15) is 11.1 Å². The number of hydrogen-bond donors (Lipinski definition) is 1. The maximum Gasteiger partial charge on any atom is 0.238 e. The highest BCUT2D eigenvalue weighted by Crippen LogP contribution is 2.37. The van der Waals surface area contributed by atoms with Crippen LogP contribution in [0, 0.1) is 25.2 Å². The second-order valence-corrected chi connectivity index (χ2v) is 10.2. The molecule has 0 fully saturated rings. The molecule has 2 heterocycles. The van der Waals surface area contributed by atoms with Crippen molar-refractivity contribution in [2.24, 2.45) is 0 Å². The van der Waals surface area contributed by atoms with Crippen LogP contribution in [0.3, 0.4) is 0 Å². The lowest BCUT2D eigenvalue weighted by Crippen LogP contribution is -2.23. The van der Waals surface area contributed by atoms with E-state index < -0.39 is 5.25 Å². The summed E-state index contributed by atoms with van der Waals surface area (Å²) in [5.41, 5.74) is 4.80. The Morgan fingerprint density at radius 2 is 2.00 bits per heavy atom. The van der Waals surface area contributed by atoms with Gasteiger partial charge >= 0.3 is 0 Å². The Balaban J connectivity index is 1.53. The zero-order valence-corrected chi connectivity index (χ0v) is 19.4. The molecule has 0 bridgehead atoms. The van der Waals surface area contributed by atoms with Gasteiger partial charge in [0.15, 0.2) is 0 Å². The Labute approximate surface area is 189 Å². The van der Waals surface area contributed by atoms with Crippen molar-refractivity contribution in [1.29, 1.82) is 5.26 Å². The number of rotatable bonds is 5. The van der Waals surface area contributed by atoms with Crippen molar-refractivity contribution in [3.05, 3.63) is 45.3 Å². The normalized spacial score (nSPS) is 14.4. The molecule has 1 aliphatic carbocycles. The molecule has 7 nitrogen and oxygen atoms in total. The average Bonchev–Trinajstić information content (AvgIpc) is 3.24. The molecular formula is C22H24N6OS2. The average molecular weight is 453 g/mol. The monoisotopic (exact) mass is 452 g/mol. The lowest BCUT2D eigenvalue weighted by Gasteiger charge is -2.13. The number of anilines is 1. The van der Waals surface area contributed by atoms with Crippen molar-refractivity contribution < 1.29 is 4.79 Å². The highest BCUT2D eigenvalue weighted by atomic mass is 32.2. The molecule has 1 N–H and O–H groups in total. The summed E-state index contributed by atoms with van der Waals surface area (Å²) < 4.78 is 1.69. The third-order valence-electron chi connectivity index (χ3n) is 5.51. The van der Waals surface area contributed by atoms with Crippen molar-refractivity contribution >= 4 is 34.0 Å². The summed E-state index contributed by atoms with van der Waals surface area (Å²) in [5.74, 6) is -0.158. The number of fused-ring (bicyclic) bond motifs is 1. The Bertz CT molecular complexity index is 1140. The number of benzene rings is 1. The lowest BCUT2D eigenvalue weighted by atomic mass is 10.1. The van der Waals surface area contributed by atoms with Crippen molar-refractivity contribution in [1.82, 2.24) is 20.2 Å². The highest BCUT2D eigenvalue weighted by molar-refractivity contribution is 8.00. The van der Waals surface area contributed by atoms with Gasteiger partial charge in [-0.3, -0.25) is 4.79 Å². The first-order valence-corrected chi connectivity index (χ1v) is 12.1. The molecule has 4 rings (SSSR count).